The first-order chi connectivity index (χ1) is 6.65. The number of esters is 1. The van der Waals surface area contributed by atoms with E-state index in [-0.39, 0.29) is 23.0 Å². The van der Waals surface area contributed by atoms with E-state index in [9.17, 15) is 4.79 Å². The number of hydrogen-bond donors (Lipinski definition) is 1. The van der Waals surface area contributed by atoms with Crippen LogP contribution < -0.4 is 5.73 Å². The number of halogens is 1. The summed E-state index contributed by atoms with van der Waals surface area (Å²) in [7, 11) is 0. The number of anilines is 1. The fourth-order valence-electron chi connectivity index (χ4n) is 0.758. The van der Waals surface area contributed by atoms with Crippen LogP contribution in [0.25, 0.3) is 0 Å². The fraction of sp³-hybridized carbons (Fsp3) is 0.125. The average molecular weight is 212 g/mol. The monoisotopic (exact) mass is 211 g/mol. The summed E-state index contributed by atoms with van der Waals surface area (Å²) >= 11 is 5.55. The van der Waals surface area contributed by atoms with Crippen LogP contribution in [-0.2, 0) is 4.74 Å². The Bertz CT molecular complexity index is 400. The zero-order chi connectivity index (χ0) is 10.6. The predicted octanol–water partition coefficient (Wildman–Crippen LogP) is 0.998. The first-order valence-corrected chi connectivity index (χ1v) is 3.98. The summed E-state index contributed by atoms with van der Waals surface area (Å²) < 4.78 is 4.53. The Balaban J connectivity index is 2.82. The molecule has 0 radical (unpaired) electrons. The van der Waals surface area contributed by atoms with Gasteiger partial charge in [-0.05, 0) is 6.07 Å². The Labute approximate surface area is 85.1 Å². The molecule has 0 amide bonds. The smallest absolute Gasteiger partial charge is 0.340 e. The van der Waals surface area contributed by atoms with Gasteiger partial charge in [0.25, 0.3) is 0 Å². The zero-order valence-electron chi connectivity index (χ0n) is 7.03. The van der Waals surface area contributed by atoms with Crippen molar-refractivity contribution in [3.8, 4) is 6.07 Å². The average Bonchev–Trinajstić information content (AvgIpc) is 2.18. The summed E-state index contributed by atoms with van der Waals surface area (Å²) in [4.78, 5) is 14.8. The number of nitrogens with two attached hydrogens (primary N) is 1. The number of carbonyl (C=O) groups is 1. The minimum absolute atomic E-state index is 0.127. The molecular formula is C8H6ClN3O2. The highest BCUT2D eigenvalue weighted by Crippen LogP contribution is 2.16. The molecule has 0 aliphatic rings. The van der Waals surface area contributed by atoms with Crippen LogP contribution >= 0.6 is 11.6 Å². The highest BCUT2D eigenvalue weighted by atomic mass is 35.5. The molecular weight excluding hydrogens is 206 g/mol. The van der Waals surface area contributed by atoms with Gasteiger partial charge in [0.2, 0.25) is 0 Å². The van der Waals surface area contributed by atoms with Crippen LogP contribution in [0.15, 0.2) is 12.3 Å². The number of ether oxygens (including phenoxy) is 1. The number of aromatic nitrogens is 1. The molecule has 2 N–H and O–H groups in total. The highest BCUT2D eigenvalue weighted by Gasteiger charge is 2.09. The third-order valence-corrected chi connectivity index (χ3v) is 1.69. The van der Waals surface area contributed by atoms with Crippen molar-refractivity contribution in [1.29, 1.82) is 5.26 Å². The number of nitriles is 1. The van der Waals surface area contributed by atoms with E-state index < -0.39 is 5.97 Å². The molecule has 5 nitrogen and oxygen atoms in total. The molecule has 1 heterocycles. The minimum atomic E-state index is -0.651. The van der Waals surface area contributed by atoms with Gasteiger partial charge in [0.1, 0.15) is 6.07 Å². The van der Waals surface area contributed by atoms with E-state index in [1.54, 1.807) is 6.07 Å². The van der Waals surface area contributed by atoms with Crippen LogP contribution in [0.5, 0.6) is 0 Å². The lowest BCUT2D eigenvalue weighted by Gasteiger charge is -2.01. The van der Waals surface area contributed by atoms with Gasteiger partial charge in [-0.1, -0.05) is 11.6 Å². The van der Waals surface area contributed by atoms with Crippen LogP contribution in [-0.4, -0.2) is 17.6 Å². The molecule has 1 rings (SSSR count). The predicted molar refractivity (Wildman–Crippen MR) is 49.6 cm³/mol. The maximum atomic E-state index is 11.2. The van der Waals surface area contributed by atoms with Crippen molar-refractivity contribution in [2.45, 2.75) is 0 Å². The largest absolute Gasteiger partial charge is 0.447 e. The van der Waals surface area contributed by atoms with Crippen molar-refractivity contribution >= 4 is 23.3 Å². The highest BCUT2D eigenvalue weighted by molar-refractivity contribution is 6.31. The van der Waals surface area contributed by atoms with Gasteiger partial charge in [-0.3, -0.25) is 0 Å². The number of nitrogen functional groups attached to an aromatic ring is 1. The molecule has 0 aliphatic heterocycles. The molecule has 0 bridgehead atoms. The molecule has 0 fully saturated rings. The van der Waals surface area contributed by atoms with Gasteiger partial charge in [0.15, 0.2) is 11.8 Å². The molecule has 0 saturated heterocycles. The lowest BCUT2D eigenvalue weighted by atomic mass is 10.3. The van der Waals surface area contributed by atoms with Crippen molar-refractivity contribution in [1.82, 2.24) is 4.98 Å². The normalized spacial score (nSPS) is 9.14. The Morgan fingerprint density at radius 3 is 3.07 bits per heavy atom. The molecule has 0 aromatic carbocycles. The van der Waals surface area contributed by atoms with E-state index in [4.69, 9.17) is 22.6 Å². The van der Waals surface area contributed by atoms with E-state index in [1.165, 1.54) is 12.3 Å². The topological polar surface area (TPSA) is 89.0 Å². The fourth-order valence-corrected chi connectivity index (χ4v) is 0.861. The van der Waals surface area contributed by atoms with E-state index in [0.717, 1.165) is 0 Å². The number of rotatable bonds is 2. The second-order valence-electron chi connectivity index (χ2n) is 2.34. The zero-order valence-corrected chi connectivity index (χ0v) is 7.78. The molecule has 0 unspecified atom stereocenters. The van der Waals surface area contributed by atoms with Crippen LogP contribution in [0.4, 0.5) is 5.69 Å². The van der Waals surface area contributed by atoms with Gasteiger partial charge < -0.3 is 10.5 Å². The van der Waals surface area contributed by atoms with Gasteiger partial charge in [-0.2, -0.15) is 5.26 Å². The molecule has 72 valence electrons. The van der Waals surface area contributed by atoms with Crippen molar-refractivity contribution < 1.29 is 9.53 Å². The summed E-state index contributed by atoms with van der Waals surface area (Å²) in [6.45, 7) is -0.304. The third-order valence-electron chi connectivity index (χ3n) is 1.37. The number of carbonyl (C=O) groups excluding carboxylic acids is 1. The summed E-state index contributed by atoms with van der Waals surface area (Å²) in [5.41, 5.74) is 5.78. The summed E-state index contributed by atoms with van der Waals surface area (Å²) in [5, 5.41) is 8.30. The summed E-state index contributed by atoms with van der Waals surface area (Å²) in [6.07, 6.45) is 1.23. The van der Waals surface area contributed by atoms with Gasteiger partial charge in [-0.25, -0.2) is 9.78 Å². The van der Waals surface area contributed by atoms with Gasteiger partial charge >= 0.3 is 5.97 Å². The third kappa shape index (κ3) is 2.34. The molecule has 0 aliphatic carbocycles. The molecule has 14 heavy (non-hydrogen) atoms. The Morgan fingerprint density at radius 1 is 1.79 bits per heavy atom. The second kappa shape index (κ2) is 4.44. The molecule has 6 heteroatoms. The van der Waals surface area contributed by atoms with Crippen molar-refractivity contribution in [3.05, 3.63) is 23.0 Å². The number of nitrogens with zero attached hydrogens (tertiary/aromatic N) is 2. The molecule has 1 aromatic rings. The first kappa shape index (κ1) is 10.3. The SMILES string of the molecule is N#CCOC(=O)c1cnc(Cl)c(N)c1. The molecule has 1 aromatic heterocycles. The van der Waals surface area contributed by atoms with Crippen molar-refractivity contribution in [3.63, 3.8) is 0 Å². The van der Waals surface area contributed by atoms with Crippen molar-refractivity contribution in [2.75, 3.05) is 12.3 Å². The van der Waals surface area contributed by atoms with Crippen LogP contribution in [0, 0.1) is 11.3 Å². The first-order valence-electron chi connectivity index (χ1n) is 3.60. The van der Waals surface area contributed by atoms with E-state index in [2.05, 4.69) is 9.72 Å². The van der Waals surface area contributed by atoms with Gasteiger partial charge in [-0.15, -0.1) is 0 Å². The molecule has 0 spiro atoms. The Kier molecular flexibility index (Phi) is 3.26. The number of hydrogen-bond acceptors (Lipinski definition) is 5. The van der Waals surface area contributed by atoms with Crippen LogP contribution in [0.1, 0.15) is 10.4 Å². The number of pyridine rings is 1. The Morgan fingerprint density at radius 2 is 2.50 bits per heavy atom. The van der Waals surface area contributed by atoms with Crippen LogP contribution in [0.3, 0.4) is 0 Å². The van der Waals surface area contributed by atoms with Crippen LogP contribution in [0.2, 0.25) is 5.15 Å². The van der Waals surface area contributed by atoms with E-state index in [1.807, 2.05) is 0 Å². The second-order valence-corrected chi connectivity index (χ2v) is 2.70. The summed E-state index contributed by atoms with van der Waals surface area (Å²) in [6, 6.07) is 3.02. The molecule has 0 saturated carbocycles. The maximum absolute atomic E-state index is 11.2. The molecule has 0 atom stereocenters. The Hall–Kier alpha value is -1.80. The minimum Gasteiger partial charge on any atom is -0.447 e. The quantitative estimate of drug-likeness (QED) is 0.582. The van der Waals surface area contributed by atoms with Crippen molar-refractivity contribution in [2.24, 2.45) is 0 Å². The lowest BCUT2D eigenvalue weighted by molar-refractivity contribution is 0.0554. The lowest BCUT2D eigenvalue weighted by Crippen LogP contribution is -2.06. The van der Waals surface area contributed by atoms with E-state index >= 15 is 0 Å². The van der Waals surface area contributed by atoms with E-state index in [0.29, 0.717) is 0 Å². The van der Waals surface area contributed by atoms with Gasteiger partial charge in [0.05, 0.1) is 11.3 Å². The standard InChI is InChI=1S/C8H6ClN3O2/c9-7-6(11)3-5(4-12-7)8(13)14-2-1-10/h3-4H,2,11H2. The maximum Gasteiger partial charge on any atom is 0.340 e. The van der Waals surface area contributed by atoms with Gasteiger partial charge in [0, 0.05) is 6.20 Å². The summed E-state index contributed by atoms with van der Waals surface area (Å²) in [5.74, 6) is -0.651.